The summed E-state index contributed by atoms with van der Waals surface area (Å²) in [5.41, 5.74) is 6.65. The number of nitrogens with one attached hydrogen (secondary N) is 1. The first-order valence-electron chi connectivity index (χ1n) is 7.32. The molecule has 4 heteroatoms. The van der Waals surface area contributed by atoms with Crippen LogP contribution in [0.5, 0.6) is 0 Å². The van der Waals surface area contributed by atoms with Gasteiger partial charge in [0.1, 0.15) is 0 Å². The minimum Gasteiger partial charge on any atom is -0.328 e. The second-order valence-corrected chi connectivity index (χ2v) is 6.53. The van der Waals surface area contributed by atoms with E-state index in [2.05, 4.69) is 12.2 Å². The van der Waals surface area contributed by atoms with Gasteiger partial charge in [0, 0.05) is 16.9 Å². The summed E-state index contributed by atoms with van der Waals surface area (Å²) < 4.78 is 0. The number of rotatable bonds is 8. The molecule has 0 aromatic heterocycles. The summed E-state index contributed by atoms with van der Waals surface area (Å²) in [5, 5.41) is 3.04. The molecule has 1 aromatic carbocycles. The van der Waals surface area contributed by atoms with Gasteiger partial charge in [-0.2, -0.15) is 0 Å². The molecule has 20 heavy (non-hydrogen) atoms. The Balaban J connectivity index is 2.52. The van der Waals surface area contributed by atoms with Gasteiger partial charge in [-0.15, -0.1) is 11.8 Å². The molecular formula is C16H26N2OS. The van der Waals surface area contributed by atoms with E-state index < -0.39 is 0 Å². The van der Waals surface area contributed by atoms with Crippen molar-refractivity contribution in [1.29, 1.82) is 0 Å². The Morgan fingerprint density at radius 1 is 1.30 bits per heavy atom. The summed E-state index contributed by atoms with van der Waals surface area (Å²) in [6, 6.07) is 8.18. The number of carbonyl (C=O) groups is 1. The van der Waals surface area contributed by atoms with Crippen LogP contribution >= 0.6 is 11.8 Å². The summed E-state index contributed by atoms with van der Waals surface area (Å²) in [4.78, 5) is 13.3. The molecule has 3 N–H and O–H groups in total. The quantitative estimate of drug-likeness (QED) is 0.715. The summed E-state index contributed by atoms with van der Waals surface area (Å²) >= 11 is 1.75. The Morgan fingerprint density at radius 2 is 2.00 bits per heavy atom. The summed E-state index contributed by atoms with van der Waals surface area (Å²) in [6.45, 7) is 6.09. The highest BCUT2D eigenvalue weighted by Gasteiger charge is 2.14. The summed E-state index contributed by atoms with van der Waals surface area (Å²) in [7, 11) is 0. The standard InChI is InChI=1S/C16H26N2OS/c1-4-20-15-11-6-5-10-14(15)18-16(19)12(2)8-7-9-13(3)17/h5-6,10-13H,4,7-9,17H2,1-3H3,(H,18,19). The predicted molar refractivity (Wildman–Crippen MR) is 88.1 cm³/mol. The van der Waals surface area contributed by atoms with Crippen LogP contribution in [0.3, 0.4) is 0 Å². The number of amides is 1. The largest absolute Gasteiger partial charge is 0.328 e. The average Bonchev–Trinajstić information content (AvgIpc) is 2.40. The second-order valence-electron chi connectivity index (χ2n) is 5.23. The molecular weight excluding hydrogens is 268 g/mol. The maximum atomic E-state index is 12.2. The summed E-state index contributed by atoms with van der Waals surface area (Å²) in [5.74, 6) is 1.11. The molecule has 0 aliphatic heterocycles. The third-order valence-electron chi connectivity index (χ3n) is 3.19. The van der Waals surface area contributed by atoms with Crippen LogP contribution in [0.2, 0.25) is 0 Å². The first kappa shape index (κ1) is 17.1. The van der Waals surface area contributed by atoms with Crippen LogP contribution in [-0.4, -0.2) is 17.7 Å². The molecule has 0 saturated heterocycles. The van der Waals surface area contributed by atoms with Crippen molar-refractivity contribution in [2.75, 3.05) is 11.1 Å². The molecule has 0 saturated carbocycles. The highest BCUT2D eigenvalue weighted by molar-refractivity contribution is 7.99. The number of para-hydroxylation sites is 1. The average molecular weight is 294 g/mol. The first-order valence-corrected chi connectivity index (χ1v) is 8.31. The molecule has 3 nitrogen and oxygen atoms in total. The fourth-order valence-electron chi connectivity index (χ4n) is 1.98. The van der Waals surface area contributed by atoms with Gasteiger partial charge in [0.25, 0.3) is 0 Å². The molecule has 0 aliphatic carbocycles. The fraction of sp³-hybridized carbons (Fsp3) is 0.562. The van der Waals surface area contributed by atoms with Gasteiger partial charge in [0.05, 0.1) is 5.69 Å². The van der Waals surface area contributed by atoms with Crippen molar-refractivity contribution in [3.63, 3.8) is 0 Å². The van der Waals surface area contributed by atoms with Crippen molar-refractivity contribution in [1.82, 2.24) is 0 Å². The van der Waals surface area contributed by atoms with Crippen molar-refractivity contribution in [3.8, 4) is 0 Å². The van der Waals surface area contributed by atoms with Crippen LogP contribution in [0.15, 0.2) is 29.2 Å². The Labute approximate surface area is 126 Å². The molecule has 2 unspecified atom stereocenters. The van der Waals surface area contributed by atoms with Crippen molar-refractivity contribution < 1.29 is 4.79 Å². The van der Waals surface area contributed by atoms with Gasteiger partial charge in [-0.05, 0) is 37.7 Å². The molecule has 0 radical (unpaired) electrons. The van der Waals surface area contributed by atoms with E-state index in [4.69, 9.17) is 5.73 Å². The lowest BCUT2D eigenvalue weighted by atomic mass is 10.0. The predicted octanol–water partition coefficient (Wildman–Crippen LogP) is 3.89. The number of anilines is 1. The Hall–Kier alpha value is -1.00. The van der Waals surface area contributed by atoms with Crippen molar-refractivity contribution >= 4 is 23.4 Å². The SMILES string of the molecule is CCSc1ccccc1NC(=O)C(C)CCCC(C)N. The summed E-state index contributed by atoms with van der Waals surface area (Å²) in [6.07, 6.45) is 2.86. The molecule has 0 heterocycles. The smallest absolute Gasteiger partial charge is 0.227 e. The van der Waals surface area contributed by atoms with E-state index in [0.29, 0.717) is 0 Å². The van der Waals surface area contributed by atoms with Crippen LogP contribution in [0.1, 0.15) is 40.0 Å². The molecule has 112 valence electrons. The van der Waals surface area contributed by atoms with Gasteiger partial charge >= 0.3 is 0 Å². The first-order chi connectivity index (χ1) is 9.54. The van der Waals surface area contributed by atoms with Gasteiger partial charge in [-0.3, -0.25) is 4.79 Å². The minimum atomic E-state index is 0.0217. The molecule has 0 spiro atoms. The van der Waals surface area contributed by atoms with Crippen LogP contribution in [0.25, 0.3) is 0 Å². The topological polar surface area (TPSA) is 55.1 Å². The number of thioether (sulfide) groups is 1. The lowest BCUT2D eigenvalue weighted by molar-refractivity contribution is -0.119. The lowest BCUT2D eigenvalue weighted by Gasteiger charge is -2.15. The normalized spacial score (nSPS) is 13.8. The Morgan fingerprint density at radius 3 is 2.65 bits per heavy atom. The van der Waals surface area contributed by atoms with E-state index in [1.807, 2.05) is 38.1 Å². The van der Waals surface area contributed by atoms with Crippen LogP contribution < -0.4 is 11.1 Å². The lowest BCUT2D eigenvalue weighted by Crippen LogP contribution is -2.21. The van der Waals surface area contributed by atoms with Gasteiger partial charge in [0.15, 0.2) is 0 Å². The van der Waals surface area contributed by atoms with E-state index in [0.717, 1.165) is 35.6 Å². The molecule has 1 rings (SSSR count). The third-order valence-corrected chi connectivity index (χ3v) is 4.14. The fourth-order valence-corrected chi connectivity index (χ4v) is 2.74. The van der Waals surface area contributed by atoms with E-state index in [-0.39, 0.29) is 17.9 Å². The zero-order valence-electron chi connectivity index (χ0n) is 12.7. The molecule has 0 bridgehead atoms. The van der Waals surface area contributed by atoms with Gasteiger partial charge in [-0.1, -0.05) is 32.4 Å². The molecule has 0 aliphatic rings. The molecule has 0 fully saturated rings. The highest BCUT2D eigenvalue weighted by Crippen LogP contribution is 2.27. The van der Waals surface area contributed by atoms with E-state index in [1.165, 1.54) is 0 Å². The Kier molecular flexibility index (Phi) is 7.70. The second kappa shape index (κ2) is 9.03. The van der Waals surface area contributed by atoms with Crippen LogP contribution in [-0.2, 0) is 4.79 Å². The van der Waals surface area contributed by atoms with Crippen LogP contribution in [0, 0.1) is 5.92 Å². The van der Waals surface area contributed by atoms with E-state index in [9.17, 15) is 4.79 Å². The van der Waals surface area contributed by atoms with Gasteiger partial charge < -0.3 is 11.1 Å². The van der Waals surface area contributed by atoms with E-state index >= 15 is 0 Å². The number of hydrogen-bond donors (Lipinski definition) is 2. The van der Waals surface area contributed by atoms with Gasteiger partial charge in [0.2, 0.25) is 5.91 Å². The number of benzene rings is 1. The number of carbonyl (C=O) groups excluding carboxylic acids is 1. The zero-order chi connectivity index (χ0) is 15.0. The number of nitrogens with two attached hydrogens (primary N) is 1. The third kappa shape index (κ3) is 5.97. The minimum absolute atomic E-state index is 0.0217. The van der Waals surface area contributed by atoms with Gasteiger partial charge in [-0.25, -0.2) is 0 Å². The molecule has 1 amide bonds. The maximum absolute atomic E-state index is 12.2. The van der Waals surface area contributed by atoms with E-state index in [1.54, 1.807) is 11.8 Å². The maximum Gasteiger partial charge on any atom is 0.227 e. The van der Waals surface area contributed by atoms with Crippen LogP contribution in [0.4, 0.5) is 5.69 Å². The Bertz CT molecular complexity index is 421. The highest BCUT2D eigenvalue weighted by atomic mass is 32.2. The van der Waals surface area contributed by atoms with Crippen molar-refractivity contribution in [3.05, 3.63) is 24.3 Å². The molecule has 2 atom stereocenters. The monoisotopic (exact) mass is 294 g/mol. The zero-order valence-corrected chi connectivity index (χ0v) is 13.5. The van der Waals surface area contributed by atoms with Crippen molar-refractivity contribution in [2.45, 2.75) is 51.0 Å². The van der Waals surface area contributed by atoms with Crippen molar-refractivity contribution in [2.24, 2.45) is 11.7 Å². The molecule has 1 aromatic rings. The number of hydrogen-bond acceptors (Lipinski definition) is 3.